The van der Waals surface area contributed by atoms with E-state index in [9.17, 15) is 4.21 Å². The molecule has 80 valence electrons. The van der Waals surface area contributed by atoms with Gasteiger partial charge in [0.15, 0.2) is 0 Å². The minimum atomic E-state index is -1.68. The van der Waals surface area contributed by atoms with Crippen LogP contribution in [-0.2, 0) is 19.7 Å². The zero-order valence-corrected chi connectivity index (χ0v) is 9.52. The van der Waals surface area contributed by atoms with Crippen molar-refractivity contribution >= 4 is 23.1 Å². The average Bonchev–Trinajstić information content (AvgIpc) is 2.20. The van der Waals surface area contributed by atoms with Crippen molar-refractivity contribution in [2.75, 3.05) is 19.0 Å². The number of thioether (sulfide) groups is 1. The van der Waals surface area contributed by atoms with Gasteiger partial charge in [-0.25, -0.2) is 0 Å². The van der Waals surface area contributed by atoms with Gasteiger partial charge in [-0.15, -0.1) is 24.9 Å². The fourth-order valence-electron chi connectivity index (χ4n) is 0.463. The van der Waals surface area contributed by atoms with Crippen LogP contribution in [-0.4, -0.2) is 23.2 Å². The average molecular weight is 234 g/mol. The Labute approximate surface area is 91.7 Å². The molecule has 0 saturated heterocycles. The molecule has 3 nitrogen and oxygen atoms in total. The second-order valence-electron chi connectivity index (χ2n) is 2.06. The summed E-state index contributed by atoms with van der Waals surface area (Å²) in [5, 5.41) is 1.87. The van der Waals surface area contributed by atoms with Crippen molar-refractivity contribution in [1.82, 2.24) is 0 Å². The van der Waals surface area contributed by atoms with Crippen molar-refractivity contribution in [3.63, 3.8) is 0 Å². The summed E-state index contributed by atoms with van der Waals surface area (Å²) in [5.41, 5.74) is 0. The fraction of sp³-hybridized carbons (Fsp3) is 0.333. The molecule has 0 aromatic carbocycles. The van der Waals surface area contributed by atoms with Gasteiger partial charge in [0.1, 0.15) is 0 Å². The van der Waals surface area contributed by atoms with Gasteiger partial charge < -0.3 is 0 Å². The van der Waals surface area contributed by atoms with Gasteiger partial charge in [-0.05, 0) is 5.41 Å². The van der Waals surface area contributed by atoms with Gasteiger partial charge >= 0.3 is 11.4 Å². The Morgan fingerprint density at radius 2 is 1.93 bits per heavy atom. The fourth-order valence-corrected chi connectivity index (χ4v) is 1.39. The zero-order valence-electron chi connectivity index (χ0n) is 7.89. The molecule has 0 N–H and O–H groups in total. The molecule has 0 aliphatic carbocycles. The smallest absolute Gasteiger partial charge is 0.264 e. The van der Waals surface area contributed by atoms with E-state index in [2.05, 4.69) is 13.2 Å². The van der Waals surface area contributed by atoms with E-state index < -0.39 is 11.4 Å². The summed E-state index contributed by atoms with van der Waals surface area (Å²) in [4.78, 5) is 0. The molecule has 0 spiro atoms. The van der Waals surface area contributed by atoms with E-state index in [1.54, 1.807) is 23.9 Å². The number of rotatable bonds is 9. The van der Waals surface area contributed by atoms with Gasteiger partial charge in [0.25, 0.3) is 0 Å². The lowest BCUT2D eigenvalue weighted by molar-refractivity contribution is 0.289. The second-order valence-corrected chi connectivity index (χ2v) is 3.87. The lowest BCUT2D eigenvalue weighted by Crippen LogP contribution is -2.01. The third kappa shape index (κ3) is 9.73. The molecule has 0 aromatic rings. The molecule has 0 saturated carbocycles. The first-order valence-electron chi connectivity index (χ1n) is 3.98. The van der Waals surface area contributed by atoms with Crippen LogP contribution in [0.4, 0.5) is 0 Å². The maximum atomic E-state index is 10.9. The van der Waals surface area contributed by atoms with Crippen LogP contribution < -0.4 is 0 Å². The van der Waals surface area contributed by atoms with Gasteiger partial charge in [-0.3, -0.25) is 8.37 Å². The summed E-state index contributed by atoms with van der Waals surface area (Å²) in [6, 6.07) is 0. The van der Waals surface area contributed by atoms with Gasteiger partial charge in [0.05, 0.1) is 13.2 Å². The highest BCUT2D eigenvalue weighted by Crippen LogP contribution is 2.01. The van der Waals surface area contributed by atoms with Crippen LogP contribution in [0.3, 0.4) is 0 Å². The Kier molecular flexibility index (Phi) is 10.4. The Bertz CT molecular complexity index is 214. The van der Waals surface area contributed by atoms with E-state index in [0.717, 1.165) is 5.75 Å². The highest BCUT2D eigenvalue weighted by Gasteiger charge is 1.95. The van der Waals surface area contributed by atoms with Crippen molar-refractivity contribution in [3.8, 4) is 0 Å². The van der Waals surface area contributed by atoms with E-state index in [1.165, 1.54) is 6.08 Å². The Morgan fingerprint density at radius 3 is 2.57 bits per heavy atom. The van der Waals surface area contributed by atoms with Crippen LogP contribution in [0.15, 0.2) is 36.8 Å². The summed E-state index contributed by atoms with van der Waals surface area (Å²) in [5.74, 6) is 0.854. The monoisotopic (exact) mass is 234 g/mol. The Morgan fingerprint density at radius 1 is 1.21 bits per heavy atom. The maximum absolute atomic E-state index is 10.9. The molecule has 0 heterocycles. The molecule has 0 rings (SSSR count). The van der Waals surface area contributed by atoms with E-state index in [-0.39, 0.29) is 13.2 Å². The molecule has 0 fully saturated rings. The minimum absolute atomic E-state index is 0.224. The molecule has 0 bridgehead atoms. The molecule has 1 atom stereocenters. The van der Waals surface area contributed by atoms with E-state index in [4.69, 9.17) is 8.37 Å². The minimum Gasteiger partial charge on any atom is -0.264 e. The van der Waals surface area contributed by atoms with E-state index >= 15 is 0 Å². The van der Waals surface area contributed by atoms with Crippen LogP contribution in [0.2, 0.25) is 0 Å². The predicted octanol–water partition coefficient (Wildman–Crippen LogP) is 2.22. The third-order valence-corrected chi connectivity index (χ3v) is 2.42. The molecule has 0 aromatic heterocycles. The third-order valence-electron chi connectivity index (χ3n) is 0.949. The van der Waals surface area contributed by atoms with E-state index in [1.807, 2.05) is 5.41 Å². The molecule has 0 radical (unpaired) electrons. The van der Waals surface area contributed by atoms with Crippen LogP contribution in [0.5, 0.6) is 0 Å². The highest BCUT2D eigenvalue weighted by atomic mass is 32.2. The SMILES string of the molecule is C=CCOS(=O)OCC=CSCC=C. The van der Waals surface area contributed by atoms with Gasteiger partial charge in [0, 0.05) is 5.75 Å². The lowest BCUT2D eigenvalue weighted by Gasteiger charge is -1.97. The first-order valence-corrected chi connectivity index (χ1v) is 6.03. The topological polar surface area (TPSA) is 35.5 Å². The normalized spacial score (nSPS) is 12.9. The Balaban J connectivity index is 3.33. The molecular formula is C9H14O3S2. The Hall–Kier alpha value is -0.360. The standard InChI is InChI=1S/C9H14O3S2/c1-3-6-11-14(10)12-7-5-9-13-8-4-2/h3-5,9H,1-2,6-8H2. The predicted molar refractivity (Wildman–Crippen MR) is 62.0 cm³/mol. The van der Waals surface area contributed by atoms with Crippen molar-refractivity contribution < 1.29 is 12.6 Å². The lowest BCUT2D eigenvalue weighted by atomic mass is 10.7. The van der Waals surface area contributed by atoms with Crippen molar-refractivity contribution in [2.45, 2.75) is 0 Å². The summed E-state index contributed by atoms with van der Waals surface area (Å²) in [6.07, 6.45) is 5.08. The largest absolute Gasteiger partial charge is 0.305 e. The van der Waals surface area contributed by atoms with Gasteiger partial charge in [-0.2, -0.15) is 4.21 Å². The molecule has 0 aliphatic heterocycles. The highest BCUT2D eigenvalue weighted by molar-refractivity contribution is 8.02. The van der Waals surface area contributed by atoms with Crippen LogP contribution in [0.25, 0.3) is 0 Å². The maximum Gasteiger partial charge on any atom is 0.305 e. The summed E-state index contributed by atoms with van der Waals surface area (Å²) < 4.78 is 20.3. The molecule has 5 heteroatoms. The van der Waals surface area contributed by atoms with Gasteiger partial charge in [0.2, 0.25) is 0 Å². The van der Waals surface area contributed by atoms with Crippen molar-refractivity contribution in [1.29, 1.82) is 0 Å². The van der Waals surface area contributed by atoms with E-state index in [0.29, 0.717) is 0 Å². The van der Waals surface area contributed by atoms with Crippen LogP contribution in [0, 0.1) is 0 Å². The summed E-state index contributed by atoms with van der Waals surface area (Å²) in [7, 11) is 0. The summed E-state index contributed by atoms with van der Waals surface area (Å²) >= 11 is -0.0908. The molecular weight excluding hydrogens is 220 g/mol. The molecule has 1 unspecified atom stereocenters. The quantitative estimate of drug-likeness (QED) is 0.452. The summed E-state index contributed by atoms with van der Waals surface area (Å²) in [6.45, 7) is 7.49. The molecule has 0 amide bonds. The van der Waals surface area contributed by atoms with Crippen LogP contribution >= 0.6 is 11.8 Å². The van der Waals surface area contributed by atoms with Crippen molar-refractivity contribution in [2.24, 2.45) is 0 Å². The number of hydrogen-bond donors (Lipinski definition) is 0. The van der Waals surface area contributed by atoms with Gasteiger partial charge in [-0.1, -0.05) is 18.2 Å². The zero-order chi connectivity index (χ0) is 10.6. The molecule has 0 aliphatic rings. The second kappa shape index (κ2) is 10.7. The molecule has 14 heavy (non-hydrogen) atoms. The first-order chi connectivity index (χ1) is 6.81. The first kappa shape index (κ1) is 13.6. The van der Waals surface area contributed by atoms with Crippen LogP contribution in [0.1, 0.15) is 0 Å². The van der Waals surface area contributed by atoms with Crippen molar-refractivity contribution in [3.05, 3.63) is 36.8 Å². The number of hydrogen-bond acceptors (Lipinski definition) is 4.